The zero-order valence-electron chi connectivity index (χ0n) is 7.57. The third-order valence-electron chi connectivity index (χ3n) is 2.93. The highest BCUT2D eigenvalue weighted by Crippen LogP contribution is 2.45. The molecule has 2 unspecified atom stereocenters. The second-order valence-electron chi connectivity index (χ2n) is 3.82. The lowest BCUT2D eigenvalue weighted by molar-refractivity contribution is -0.105. The van der Waals surface area contributed by atoms with Crippen LogP contribution in [0.1, 0.15) is 25.6 Å². The molecule has 70 valence electrons. The third-order valence-corrected chi connectivity index (χ3v) is 2.93. The third kappa shape index (κ3) is 1.06. The molecular weight excluding hydrogens is 166 g/mol. The first-order valence-electron chi connectivity index (χ1n) is 4.35. The van der Waals surface area contributed by atoms with Crippen molar-refractivity contribution in [2.75, 3.05) is 0 Å². The number of nitrogens with zero attached hydrogens (tertiary/aromatic N) is 2. The molecule has 2 rings (SSSR count). The number of nitrogens with two attached hydrogens (primary N) is 1. The van der Waals surface area contributed by atoms with Gasteiger partial charge >= 0.3 is 0 Å². The number of hydrogen-bond acceptors (Lipinski definition) is 4. The normalized spacial score (nSPS) is 38.4. The van der Waals surface area contributed by atoms with Gasteiger partial charge in [-0.25, -0.2) is 9.97 Å². The predicted molar refractivity (Wildman–Crippen MR) is 47.8 cm³/mol. The maximum Gasteiger partial charge on any atom is 0.150 e. The van der Waals surface area contributed by atoms with Crippen molar-refractivity contribution < 1.29 is 5.11 Å². The quantitative estimate of drug-likeness (QED) is 0.645. The Balaban J connectivity index is 2.37. The predicted octanol–water partition coefficient (Wildman–Crippen LogP) is 0.175. The first-order valence-corrected chi connectivity index (χ1v) is 4.35. The lowest BCUT2D eigenvalue weighted by Gasteiger charge is -2.50. The molecule has 1 saturated carbocycles. The van der Waals surface area contributed by atoms with Gasteiger partial charge in [0.1, 0.15) is 5.54 Å². The van der Waals surface area contributed by atoms with E-state index < -0.39 is 11.1 Å². The lowest BCUT2D eigenvalue weighted by atomic mass is 9.64. The van der Waals surface area contributed by atoms with E-state index in [9.17, 15) is 5.11 Å². The van der Waals surface area contributed by atoms with Crippen LogP contribution < -0.4 is 5.73 Å². The molecule has 0 saturated heterocycles. The van der Waals surface area contributed by atoms with Crippen molar-refractivity contribution in [2.24, 2.45) is 5.73 Å². The molecule has 0 aromatic carbocycles. The molecular formula is C9H13N3O. The molecule has 2 atom stereocenters. The molecule has 0 spiro atoms. The molecule has 1 heterocycles. The maximum atomic E-state index is 9.88. The second-order valence-corrected chi connectivity index (χ2v) is 3.82. The van der Waals surface area contributed by atoms with Crippen molar-refractivity contribution in [2.45, 2.75) is 30.9 Å². The van der Waals surface area contributed by atoms with E-state index in [-0.39, 0.29) is 0 Å². The number of rotatable bonds is 1. The summed E-state index contributed by atoms with van der Waals surface area (Å²) in [5, 5.41) is 9.88. The van der Waals surface area contributed by atoms with Gasteiger partial charge in [-0.05, 0) is 25.8 Å². The Morgan fingerprint density at radius 2 is 2.00 bits per heavy atom. The van der Waals surface area contributed by atoms with Crippen LogP contribution in [-0.4, -0.2) is 20.7 Å². The zero-order valence-corrected chi connectivity index (χ0v) is 7.57. The van der Waals surface area contributed by atoms with E-state index in [1.165, 1.54) is 0 Å². The van der Waals surface area contributed by atoms with Crippen molar-refractivity contribution in [3.8, 4) is 0 Å². The van der Waals surface area contributed by atoms with Crippen LogP contribution in [0, 0.1) is 0 Å². The van der Waals surface area contributed by atoms with Crippen molar-refractivity contribution >= 4 is 0 Å². The largest absolute Gasteiger partial charge is 0.388 e. The fourth-order valence-corrected chi connectivity index (χ4v) is 1.64. The van der Waals surface area contributed by atoms with E-state index in [2.05, 4.69) is 9.97 Å². The van der Waals surface area contributed by atoms with Crippen LogP contribution >= 0.6 is 0 Å². The molecule has 4 heteroatoms. The van der Waals surface area contributed by atoms with Gasteiger partial charge in [0.2, 0.25) is 0 Å². The number of hydrogen-bond donors (Lipinski definition) is 2. The second kappa shape index (κ2) is 2.49. The Morgan fingerprint density at radius 3 is 2.38 bits per heavy atom. The van der Waals surface area contributed by atoms with Gasteiger partial charge in [0.25, 0.3) is 0 Å². The lowest BCUT2D eigenvalue weighted by Crippen LogP contribution is -2.65. The summed E-state index contributed by atoms with van der Waals surface area (Å²) in [4.78, 5) is 8.14. The summed E-state index contributed by atoms with van der Waals surface area (Å²) in [5.74, 6) is 0.534. The SMILES string of the molecule is CC1(O)CCC1(N)c1ncccn1. The van der Waals surface area contributed by atoms with E-state index in [1.807, 2.05) is 0 Å². The van der Waals surface area contributed by atoms with E-state index in [1.54, 1.807) is 25.4 Å². The molecule has 4 nitrogen and oxygen atoms in total. The number of aromatic nitrogens is 2. The summed E-state index contributed by atoms with van der Waals surface area (Å²) in [6.07, 6.45) is 4.74. The smallest absolute Gasteiger partial charge is 0.150 e. The average molecular weight is 179 g/mol. The Hall–Kier alpha value is -1.00. The van der Waals surface area contributed by atoms with Crippen molar-refractivity contribution in [3.05, 3.63) is 24.3 Å². The molecule has 0 bridgehead atoms. The molecule has 0 radical (unpaired) electrons. The summed E-state index contributed by atoms with van der Waals surface area (Å²) in [7, 11) is 0. The Bertz CT molecular complexity index is 312. The Morgan fingerprint density at radius 1 is 1.38 bits per heavy atom. The van der Waals surface area contributed by atoms with Gasteiger partial charge < -0.3 is 10.8 Å². The van der Waals surface area contributed by atoms with Gasteiger partial charge in [0.15, 0.2) is 5.82 Å². The highest BCUT2D eigenvalue weighted by atomic mass is 16.3. The van der Waals surface area contributed by atoms with E-state index in [4.69, 9.17) is 5.73 Å². The molecule has 13 heavy (non-hydrogen) atoms. The van der Waals surface area contributed by atoms with Crippen LogP contribution in [0.4, 0.5) is 0 Å². The van der Waals surface area contributed by atoms with Crippen molar-refractivity contribution in [1.82, 2.24) is 9.97 Å². The van der Waals surface area contributed by atoms with Crippen LogP contribution in [0.15, 0.2) is 18.5 Å². The van der Waals surface area contributed by atoms with Crippen molar-refractivity contribution in [3.63, 3.8) is 0 Å². The van der Waals surface area contributed by atoms with Crippen LogP contribution in [-0.2, 0) is 5.54 Å². The molecule has 1 aliphatic rings. The van der Waals surface area contributed by atoms with Gasteiger partial charge in [-0.3, -0.25) is 0 Å². The van der Waals surface area contributed by atoms with Gasteiger partial charge in [-0.1, -0.05) is 0 Å². The molecule has 1 aromatic rings. The van der Waals surface area contributed by atoms with E-state index >= 15 is 0 Å². The molecule has 1 aliphatic carbocycles. The molecule has 0 aliphatic heterocycles. The van der Waals surface area contributed by atoms with Crippen LogP contribution in [0.3, 0.4) is 0 Å². The van der Waals surface area contributed by atoms with Crippen LogP contribution in [0.5, 0.6) is 0 Å². The van der Waals surface area contributed by atoms with Gasteiger partial charge in [0.05, 0.1) is 5.60 Å². The summed E-state index contributed by atoms with van der Waals surface area (Å²) in [6.45, 7) is 1.73. The molecule has 1 fully saturated rings. The van der Waals surface area contributed by atoms with E-state index in [0.29, 0.717) is 12.2 Å². The summed E-state index contributed by atoms with van der Waals surface area (Å²) < 4.78 is 0. The van der Waals surface area contributed by atoms with Gasteiger partial charge in [-0.2, -0.15) is 0 Å². The summed E-state index contributed by atoms with van der Waals surface area (Å²) in [6, 6.07) is 1.74. The van der Waals surface area contributed by atoms with Crippen molar-refractivity contribution in [1.29, 1.82) is 0 Å². The summed E-state index contributed by atoms with van der Waals surface area (Å²) in [5.41, 5.74) is 4.40. The minimum atomic E-state index is -0.867. The highest BCUT2D eigenvalue weighted by Gasteiger charge is 2.55. The Labute approximate surface area is 76.8 Å². The van der Waals surface area contributed by atoms with E-state index in [0.717, 1.165) is 6.42 Å². The standard InChI is InChI=1S/C9H13N3O/c1-8(13)3-4-9(8,10)7-11-5-2-6-12-7/h2,5-6,13H,3-4,10H2,1H3. The first-order chi connectivity index (χ1) is 6.06. The van der Waals surface area contributed by atoms with Crippen LogP contribution in [0.2, 0.25) is 0 Å². The zero-order chi connectivity index (χ0) is 9.53. The average Bonchev–Trinajstić information content (AvgIpc) is 2.16. The minimum absolute atomic E-state index is 0.534. The molecule has 1 aromatic heterocycles. The summed E-state index contributed by atoms with van der Waals surface area (Å²) >= 11 is 0. The number of aliphatic hydroxyl groups is 1. The monoisotopic (exact) mass is 179 g/mol. The first kappa shape index (κ1) is 8.59. The maximum absolute atomic E-state index is 9.88. The minimum Gasteiger partial charge on any atom is -0.388 e. The van der Waals surface area contributed by atoms with Gasteiger partial charge in [-0.15, -0.1) is 0 Å². The van der Waals surface area contributed by atoms with Crippen LogP contribution in [0.25, 0.3) is 0 Å². The fourth-order valence-electron chi connectivity index (χ4n) is 1.64. The Kier molecular flexibility index (Phi) is 1.65. The molecule has 0 amide bonds. The fraction of sp³-hybridized carbons (Fsp3) is 0.556. The van der Waals surface area contributed by atoms with Gasteiger partial charge in [0, 0.05) is 12.4 Å². The highest BCUT2D eigenvalue weighted by molar-refractivity contribution is 5.19. The topological polar surface area (TPSA) is 72.0 Å². The molecule has 3 N–H and O–H groups in total.